The highest BCUT2D eigenvalue weighted by Gasteiger charge is 2.26. The van der Waals surface area contributed by atoms with Crippen LogP contribution in [0.3, 0.4) is 0 Å². The van der Waals surface area contributed by atoms with Crippen molar-refractivity contribution in [2.75, 3.05) is 5.75 Å². The minimum Gasteiger partial charge on any atom is -0.352 e. The molecule has 2 amide bonds. The molecule has 150 valence electrons. The molecule has 0 unspecified atom stereocenters. The van der Waals surface area contributed by atoms with E-state index in [1.165, 1.54) is 11.8 Å². The smallest absolute Gasteiger partial charge is 0.242 e. The molecular formula is C22H27ClN2O2S. The molecule has 1 N–H and O–H groups in total. The van der Waals surface area contributed by atoms with Gasteiger partial charge in [0.25, 0.3) is 0 Å². The van der Waals surface area contributed by atoms with Crippen molar-refractivity contribution in [3.8, 4) is 0 Å². The first kappa shape index (κ1) is 22.3. The summed E-state index contributed by atoms with van der Waals surface area (Å²) in [6, 6.07) is 16.6. The molecule has 0 aliphatic heterocycles. The van der Waals surface area contributed by atoms with Gasteiger partial charge in [-0.1, -0.05) is 48.9 Å². The number of thioether (sulfide) groups is 1. The van der Waals surface area contributed by atoms with Crippen LogP contribution in [0.5, 0.6) is 0 Å². The first-order valence-electron chi connectivity index (χ1n) is 9.42. The van der Waals surface area contributed by atoms with Crippen molar-refractivity contribution < 1.29 is 9.59 Å². The maximum absolute atomic E-state index is 13.0. The van der Waals surface area contributed by atoms with Crippen LogP contribution in [0.15, 0.2) is 59.5 Å². The van der Waals surface area contributed by atoms with Gasteiger partial charge in [0, 0.05) is 22.5 Å². The Bertz CT molecular complexity index is 768. The second-order valence-corrected chi connectivity index (χ2v) is 8.23. The molecule has 0 bridgehead atoms. The summed E-state index contributed by atoms with van der Waals surface area (Å²) in [5.74, 6) is 0.0563. The summed E-state index contributed by atoms with van der Waals surface area (Å²) < 4.78 is 0. The highest BCUT2D eigenvalue weighted by Crippen LogP contribution is 2.21. The van der Waals surface area contributed by atoms with E-state index in [1.807, 2.05) is 56.3 Å². The lowest BCUT2D eigenvalue weighted by Gasteiger charge is -2.29. The fourth-order valence-electron chi connectivity index (χ4n) is 2.59. The van der Waals surface area contributed by atoms with E-state index in [-0.39, 0.29) is 23.6 Å². The Labute approximate surface area is 176 Å². The van der Waals surface area contributed by atoms with Crippen molar-refractivity contribution in [1.29, 1.82) is 0 Å². The normalized spacial score (nSPS) is 12.9. The zero-order valence-corrected chi connectivity index (χ0v) is 18.1. The Kier molecular flexibility index (Phi) is 8.87. The monoisotopic (exact) mass is 418 g/mol. The number of halogens is 1. The SMILES string of the molecule is CC[C@H](C)NC(=O)[C@@H](C)N(Cc1ccccc1)C(=O)CSc1ccc(Cl)cc1. The van der Waals surface area contributed by atoms with Gasteiger partial charge in [0.1, 0.15) is 6.04 Å². The summed E-state index contributed by atoms with van der Waals surface area (Å²) in [5.41, 5.74) is 0.996. The van der Waals surface area contributed by atoms with Gasteiger partial charge in [0.05, 0.1) is 5.75 Å². The fraction of sp³-hybridized carbons (Fsp3) is 0.364. The van der Waals surface area contributed by atoms with Crippen LogP contribution in [0.25, 0.3) is 0 Å². The number of hydrogen-bond acceptors (Lipinski definition) is 3. The molecule has 0 saturated carbocycles. The maximum atomic E-state index is 13.0. The number of hydrogen-bond donors (Lipinski definition) is 1. The van der Waals surface area contributed by atoms with Crippen LogP contribution in [-0.2, 0) is 16.1 Å². The average Bonchev–Trinajstić information content (AvgIpc) is 2.71. The highest BCUT2D eigenvalue weighted by atomic mass is 35.5. The Hall–Kier alpha value is -1.98. The molecule has 2 atom stereocenters. The molecule has 0 spiro atoms. The third-order valence-electron chi connectivity index (χ3n) is 4.54. The Morgan fingerprint density at radius 1 is 1.07 bits per heavy atom. The average molecular weight is 419 g/mol. The zero-order valence-electron chi connectivity index (χ0n) is 16.5. The lowest BCUT2D eigenvalue weighted by Crippen LogP contribution is -2.50. The van der Waals surface area contributed by atoms with Crippen molar-refractivity contribution in [1.82, 2.24) is 10.2 Å². The molecule has 2 aromatic carbocycles. The zero-order chi connectivity index (χ0) is 20.5. The molecule has 0 aromatic heterocycles. The molecule has 0 saturated heterocycles. The summed E-state index contributed by atoms with van der Waals surface area (Å²) >= 11 is 7.36. The van der Waals surface area contributed by atoms with Gasteiger partial charge in [-0.25, -0.2) is 0 Å². The van der Waals surface area contributed by atoms with Crippen LogP contribution in [0.4, 0.5) is 0 Å². The fourth-order valence-corrected chi connectivity index (χ4v) is 3.50. The van der Waals surface area contributed by atoms with E-state index >= 15 is 0 Å². The largest absolute Gasteiger partial charge is 0.352 e. The van der Waals surface area contributed by atoms with Gasteiger partial charge in [-0.05, 0) is 50.1 Å². The van der Waals surface area contributed by atoms with Crippen molar-refractivity contribution in [2.24, 2.45) is 0 Å². The number of rotatable bonds is 9. The lowest BCUT2D eigenvalue weighted by atomic mass is 10.1. The minimum atomic E-state index is -0.549. The molecule has 28 heavy (non-hydrogen) atoms. The second-order valence-electron chi connectivity index (χ2n) is 6.74. The number of nitrogens with one attached hydrogen (secondary N) is 1. The van der Waals surface area contributed by atoms with Crippen LogP contribution in [0, 0.1) is 0 Å². The lowest BCUT2D eigenvalue weighted by molar-refractivity contribution is -0.138. The summed E-state index contributed by atoms with van der Waals surface area (Å²) in [4.78, 5) is 28.2. The Morgan fingerprint density at radius 3 is 2.32 bits per heavy atom. The topological polar surface area (TPSA) is 49.4 Å². The molecule has 0 heterocycles. The molecule has 0 radical (unpaired) electrons. The van der Waals surface area contributed by atoms with E-state index in [4.69, 9.17) is 11.6 Å². The number of carbonyl (C=O) groups is 2. The quantitative estimate of drug-likeness (QED) is 0.597. The number of amides is 2. The van der Waals surface area contributed by atoms with Crippen LogP contribution in [0.1, 0.15) is 32.8 Å². The van der Waals surface area contributed by atoms with Crippen LogP contribution in [-0.4, -0.2) is 34.6 Å². The minimum absolute atomic E-state index is 0.0735. The number of carbonyl (C=O) groups excluding carboxylic acids is 2. The summed E-state index contributed by atoms with van der Waals surface area (Å²) in [6.45, 7) is 6.16. The second kappa shape index (κ2) is 11.1. The van der Waals surface area contributed by atoms with Gasteiger partial charge in [-0.2, -0.15) is 0 Å². The molecule has 2 aromatic rings. The van der Waals surface area contributed by atoms with Gasteiger partial charge in [0.2, 0.25) is 11.8 Å². The van der Waals surface area contributed by atoms with Crippen LogP contribution >= 0.6 is 23.4 Å². The third-order valence-corrected chi connectivity index (χ3v) is 5.79. The van der Waals surface area contributed by atoms with E-state index in [2.05, 4.69) is 5.32 Å². The van der Waals surface area contributed by atoms with Crippen molar-refractivity contribution >= 4 is 35.2 Å². The predicted octanol–water partition coefficient (Wildman–Crippen LogP) is 4.76. The molecule has 2 rings (SSSR count). The van der Waals surface area contributed by atoms with Gasteiger partial charge < -0.3 is 10.2 Å². The molecule has 0 aliphatic rings. The third kappa shape index (κ3) is 6.88. The summed E-state index contributed by atoms with van der Waals surface area (Å²) in [6.07, 6.45) is 0.845. The number of nitrogens with zero attached hydrogens (tertiary/aromatic N) is 1. The van der Waals surface area contributed by atoms with Crippen molar-refractivity contribution in [3.63, 3.8) is 0 Å². The van der Waals surface area contributed by atoms with E-state index < -0.39 is 6.04 Å². The first-order chi connectivity index (χ1) is 13.4. The van der Waals surface area contributed by atoms with Crippen molar-refractivity contribution in [3.05, 3.63) is 65.2 Å². The molecular weight excluding hydrogens is 392 g/mol. The van der Waals surface area contributed by atoms with Gasteiger partial charge in [-0.15, -0.1) is 11.8 Å². The Morgan fingerprint density at radius 2 is 1.71 bits per heavy atom. The molecule has 6 heteroatoms. The van der Waals surface area contributed by atoms with Crippen molar-refractivity contribution in [2.45, 2.75) is 50.7 Å². The highest BCUT2D eigenvalue weighted by molar-refractivity contribution is 8.00. The summed E-state index contributed by atoms with van der Waals surface area (Å²) in [5, 5.41) is 3.64. The van der Waals surface area contributed by atoms with Crippen LogP contribution in [0.2, 0.25) is 5.02 Å². The molecule has 0 aliphatic carbocycles. The summed E-state index contributed by atoms with van der Waals surface area (Å²) in [7, 11) is 0. The number of benzene rings is 2. The van der Waals surface area contributed by atoms with Crippen LogP contribution < -0.4 is 5.32 Å². The molecule has 0 fully saturated rings. The standard InChI is InChI=1S/C22H27ClN2O2S/c1-4-16(2)24-22(27)17(3)25(14-18-8-6-5-7-9-18)21(26)15-28-20-12-10-19(23)11-13-20/h5-13,16-17H,4,14-15H2,1-3H3,(H,24,27)/t16-,17+/m0/s1. The maximum Gasteiger partial charge on any atom is 0.242 e. The predicted molar refractivity (Wildman–Crippen MR) is 117 cm³/mol. The van der Waals surface area contributed by atoms with Gasteiger partial charge in [0.15, 0.2) is 0 Å². The first-order valence-corrected chi connectivity index (χ1v) is 10.8. The van der Waals surface area contributed by atoms with E-state index in [1.54, 1.807) is 24.0 Å². The van der Waals surface area contributed by atoms with E-state index in [9.17, 15) is 9.59 Å². The van der Waals surface area contributed by atoms with E-state index in [0.29, 0.717) is 11.6 Å². The van der Waals surface area contributed by atoms with E-state index in [0.717, 1.165) is 16.9 Å². The molecule has 4 nitrogen and oxygen atoms in total. The van der Waals surface area contributed by atoms with Gasteiger partial charge in [-0.3, -0.25) is 9.59 Å². The van der Waals surface area contributed by atoms with Gasteiger partial charge >= 0.3 is 0 Å². The Balaban J connectivity index is 2.10.